The first-order valence-electron chi connectivity index (χ1n) is 5.23. The number of anilines is 1. The van der Waals surface area contributed by atoms with E-state index in [0.29, 0.717) is 0 Å². The number of hydrogen-bond acceptors (Lipinski definition) is 2. The summed E-state index contributed by atoms with van der Waals surface area (Å²) in [5.74, 6) is 2.56. The molecule has 0 spiro atoms. The highest BCUT2D eigenvalue weighted by atomic mass is 32.2. The molecule has 0 radical (unpaired) electrons. The van der Waals surface area contributed by atoms with Gasteiger partial charge in [0.15, 0.2) is 0 Å². The maximum Gasteiger partial charge on any atom is 0.0547 e. The number of benzene rings is 1. The third kappa shape index (κ3) is 3.08. The van der Waals surface area contributed by atoms with Gasteiger partial charge in [0.05, 0.1) is 4.91 Å². The van der Waals surface area contributed by atoms with Crippen LogP contribution in [0.5, 0.6) is 0 Å². The van der Waals surface area contributed by atoms with Crippen molar-refractivity contribution in [3.63, 3.8) is 0 Å². The number of thioether (sulfide) groups is 1. The van der Waals surface area contributed by atoms with Crippen LogP contribution in [0.3, 0.4) is 0 Å². The number of terminal acetylenes is 1. The minimum atomic E-state index is 0.749. The summed E-state index contributed by atoms with van der Waals surface area (Å²) in [4.78, 5) is 4.13. The Balaban J connectivity index is 3.00. The normalized spacial score (nSPS) is 9.62. The van der Waals surface area contributed by atoms with Crippen molar-refractivity contribution in [3.05, 3.63) is 35.2 Å². The lowest BCUT2D eigenvalue weighted by Crippen LogP contribution is -2.15. The summed E-state index contributed by atoms with van der Waals surface area (Å²) in [6, 6.07) is 6.40. The third-order valence-electron chi connectivity index (χ3n) is 2.48. The van der Waals surface area contributed by atoms with Crippen LogP contribution in [0.4, 0.5) is 5.69 Å². The average molecular weight is 231 g/mol. The number of nitrogens with zero attached hydrogens (tertiary/aromatic N) is 1. The highest BCUT2D eigenvalue weighted by molar-refractivity contribution is 8.03. The minimum absolute atomic E-state index is 0.749. The Hall–Kier alpha value is -1.33. The van der Waals surface area contributed by atoms with Crippen LogP contribution in [-0.4, -0.2) is 13.6 Å². The van der Waals surface area contributed by atoms with Crippen LogP contribution in [-0.2, 0) is 0 Å². The van der Waals surface area contributed by atoms with E-state index in [2.05, 4.69) is 56.5 Å². The van der Waals surface area contributed by atoms with Crippen LogP contribution in [0, 0.1) is 19.3 Å². The van der Waals surface area contributed by atoms with Crippen LogP contribution in [0.1, 0.15) is 12.5 Å². The second kappa shape index (κ2) is 5.67. The smallest absolute Gasteiger partial charge is 0.0547 e. The van der Waals surface area contributed by atoms with Crippen LogP contribution in [0.2, 0.25) is 0 Å². The number of allylic oxidation sites excluding steroid dienone is 1. The van der Waals surface area contributed by atoms with E-state index in [1.807, 2.05) is 0 Å². The van der Waals surface area contributed by atoms with Gasteiger partial charge in [0, 0.05) is 24.2 Å². The van der Waals surface area contributed by atoms with E-state index >= 15 is 0 Å². The molecule has 0 heterocycles. The molecule has 0 fully saturated rings. The fraction of sp³-hybridized carbons (Fsp3) is 0.286. The SMILES string of the molecule is C#CC(=C)Sc1cc(N(C)CC)ccc1C. The van der Waals surface area contributed by atoms with Crippen molar-refractivity contribution in [2.24, 2.45) is 0 Å². The predicted octanol–water partition coefficient (Wildman–Crippen LogP) is 3.69. The summed E-state index contributed by atoms with van der Waals surface area (Å²) in [6.45, 7) is 9.02. The van der Waals surface area contributed by atoms with Gasteiger partial charge in [0.1, 0.15) is 0 Å². The van der Waals surface area contributed by atoms with Crippen molar-refractivity contribution in [3.8, 4) is 12.3 Å². The molecule has 84 valence electrons. The van der Waals surface area contributed by atoms with E-state index in [1.54, 1.807) is 11.8 Å². The lowest BCUT2D eigenvalue weighted by atomic mass is 10.2. The summed E-state index contributed by atoms with van der Waals surface area (Å²) in [7, 11) is 2.08. The molecule has 16 heavy (non-hydrogen) atoms. The fourth-order valence-electron chi connectivity index (χ4n) is 1.28. The van der Waals surface area contributed by atoms with Crippen molar-refractivity contribution in [1.82, 2.24) is 0 Å². The molecule has 0 amide bonds. The molecule has 0 unspecified atom stereocenters. The number of rotatable bonds is 4. The summed E-state index contributed by atoms with van der Waals surface area (Å²) < 4.78 is 0. The molecular weight excluding hydrogens is 214 g/mol. The molecule has 0 N–H and O–H groups in total. The molecule has 0 bridgehead atoms. The first kappa shape index (κ1) is 12.7. The maximum atomic E-state index is 5.31. The van der Waals surface area contributed by atoms with Crippen molar-refractivity contribution < 1.29 is 0 Å². The minimum Gasteiger partial charge on any atom is -0.375 e. The molecule has 0 aromatic heterocycles. The second-order valence-corrected chi connectivity index (χ2v) is 4.77. The third-order valence-corrected chi connectivity index (χ3v) is 3.50. The van der Waals surface area contributed by atoms with Crippen molar-refractivity contribution >= 4 is 17.4 Å². The van der Waals surface area contributed by atoms with Gasteiger partial charge in [-0.15, -0.1) is 6.42 Å². The Morgan fingerprint density at radius 2 is 2.25 bits per heavy atom. The molecule has 1 rings (SSSR count). The Labute approximate surface area is 103 Å². The Bertz CT molecular complexity index is 429. The number of aryl methyl sites for hydroxylation is 1. The second-order valence-electron chi connectivity index (χ2n) is 3.63. The van der Waals surface area contributed by atoms with E-state index in [0.717, 1.165) is 11.4 Å². The van der Waals surface area contributed by atoms with E-state index in [4.69, 9.17) is 6.42 Å². The van der Waals surface area contributed by atoms with Crippen LogP contribution < -0.4 is 4.90 Å². The van der Waals surface area contributed by atoms with Crippen LogP contribution in [0.25, 0.3) is 0 Å². The Morgan fingerprint density at radius 3 is 2.81 bits per heavy atom. The van der Waals surface area contributed by atoms with Gasteiger partial charge >= 0.3 is 0 Å². The number of hydrogen-bond donors (Lipinski definition) is 0. The zero-order chi connectivity index (χ0) is 12.1. The Kier molecular flexibility index (Phi) is 4.52. The van der Waals surface area contributed by atoms with Gasteiger partial charge in [0.2, 0.25) is 0 Å². The van der Waals surface area contributed by atoms with E-state index < -0.39 is 0 Å². The van der Waals surface area contributed by atoms with Gasteiger partial charge in [-0.1, -0.05) is 30.3 Å². The summed E-state index contributed by atoms with van der Waals surface area (Å²) in [6.07, 6.45) is 5.31. The van der Waals surface area contributed by atoms with E-state index in [1.165, 1.54) is 16.1 Å². The first-order valence-corrected chi connectivity index (χ1v) is 6.05. The molecule has 1 aromatic carbocycles. The van der Waals surface area contributed by atoms with Crippen molar-refractivity contribution in [2.45, 2.75) is 18.7 Å². The molecule has 0 atom stereocenters. The summed E-state index contributed by atoms with van der Waals surface area (Å²) in [5.41, 5.74) is 2.44. The van der Waals surface area contributed by atoms with E-state index in [9.17, 15) is 0 Å². The highest BCUT2D eigenvalue weighted by Gasteiger charge is 2.04. The molecule has 1 aromatic rings. The van der Waals surface area contributed by atoms with Crippen LogP contribution >= 0.6 is 11.8 Å². The molecule has 2 heteroatoms. The van der Waals surface area contributed by atoms with Crippen LogP contribution in [0.15, 0.2) is 34.6 Å². The molecule has 0 aliphatic carbocycles. The standard InChI is InChI=1S/C14H17NS/c1-6-12(4)16-14-10-13(15(5)7-2)9-8-11(14)3/h1,8-10H,4,7H2,2-3,5H3. The molecular formula is C14H17NS. The van der Waals surface area contributed by atoms with Crippen molar-refractivity contribution in [2.75, 3.05) is 18.5 Å². The fourth-order valence-corrected chi connectivity index (χ4v) is 2.01. The van der Waals surface area contributed by atoms with Gasteiger partial charge < -0.3 is 4.90 Å². The van der Waals surface area contributed by atoms with Gasteiger partial charge in [-0.05, 0) is 31.5 Å². The highest BCUT2D eigenvalue weighted by Crippen LogP contribution is 2.31. The molecule has 0 saturated carbocycles. The Morgan fingerprint density at radius 1 is 1.56 bits per heavy atom. The van der Waals surface area contributed by atoms with Crippen molar-refractivity contribution in [1.29, 1.82) is 0 Å². The zero-order valence-electron chi connectivity index (χ0n) is 10.1. The molecule has 1 nitrogen and oxygen atoms in total. The zero-order valence-corrected chi connectivity index (χ0v) is 10.9. The largest absolute Gasteiger partial charge is 0.375 e. The average Bonchev–Trinajstić information content (AvgIpc) is 2.30. The lowest BCUT2D eigenvalue weighted by Gasteiger charge is -2.18. The summed E-state index contributed by atoms with van der Waals surface area (Å²) >= 11 is 1.56. The van der Waals surface area contributed by atoms with Gasteiger partial charge in [-0.25, -0.2) is 0 Å². The molecule has 0 aliphatic heterocycles. The summed E-state index contributed by atoms with van der Waals surface area (Å²) in [5, 5.41) is 0. The molecule has 0 aliphatic rings. The first-order chi connectivity index (χ1) is 7.58. The lowest BCUT2D eigenvalue weighted by molar-refractivity contribution is 0.963. The molecule has 0 saturated heterocycles. The maximum absolute atomic E-state index is 5.31. The van der Waals surface area contributed by atoms with Gasteiger partial charge in [0.25, 0.3) is 0 Å². The quantitative estimate of drug-likeness (QED) is 0.574. The topological polar surface area (TPSA) is 3.24 Å². The van der Waals surface area contributed by atoms with E-state index in [-0.39, 0.29) is 0 Å². The van der Waals surface area contributed by atoms with Gasteiger partial charge in [-0.2, -0.15) is 0 Å². The van der Waals surface area contributed by atoms with Gasteiger partial charge in [-0.3, -0.25) is 0 Å². The predicted molar refractivity (Wildman–Crippen MR) is 74.0 cm³/mol. The monoisotopic (exact) mass is 231 g/mol.